The number of hydrogen-bond donors (Lipinski definition) is 1. The van der Waals surface area contributed by atoms with Gasteiger partial charge in [0.05, 0.1) is 5.69 Å². The molecule has 1 saturated heterocycles. The summed E-state index contributed by atoms with van der Waals surface area (Å²) in [5, 5.41) is 3.12. The van der Waals surface area contributed by atoms with E-state index in [1.165, 1.54) is 37.3 Å². The molecule has 0 aliphatic carbocycles. The number of esters is 1. The first kappa shape index (κ1) is 21.8. The van der Waals surface area contributed by atoms with Crippen molar-refractivity contribution in [2.45, 2.75) is 57.0 Å². The number of halogens is 2. The normalized spacial score (nSPS) is 17.6. The Bertz CT molecular complexity index is 627. The molecule has 1 aliphatic heterocycles. The Hall–Kier alpha value is -1.48. The fourth-order valence-corrected chi connectivity index (χ4v) is 5.55. The lowest BCUT2D eigenvalue weighted by Crippen LogP contribution is -2.30. The molecule has 1 aromatic carbocycles. The molecule has 1 fully saturated rings. The number of hydrogen-bond acceptors (Lipinski definition) is 6. The molecule has 2 atom stereocenters. The summed E-state index contributed by atoms with van der Waals surface area (Å²) in [6.07, 6.45) is 3.20. The summed E-state index contributed by atoms with van der Waals surface area (Å²) in [4.78, 5) is 24.0. The van der Waals surface area contributed by atoms with Crippen LogP contribution in [0.15, 0.2) is 24.3 Å². The van der Waals surface area contributed by atoms with Gasteiger partial charge in [-0.2, -0.15) is 8.78 Å². The van der Waals surface area contributed by atoms with Crippen LogP contribution in [0.2, 0.25) is 0 Å². The number of carbonyl (C=O) groups excluding carboxylic acids is 2. The van der Waals surface area contributed by atoms with Gasteiger partial charge in [0, 0.05) is 17.4 Å². The summed E-state index contributed by atoms with van der Waals surface area (Å²) >= 11 is 0. The Balaban J connectivity index is 1.72. The highest BCUT2D eigenvalue weighted by Crippen LogP contribution is 2.39. The molecule has 0 spiro atoms. The second kappa shape index (κ2) is 11.4. The minimum absolute atomic E-state index is 0.0950. The van der Waals surface area contributed by atoms with Gasteiger partial charge in [-0.1, -0.05) is 40.1 Å². The topological polar surface area (TPSA) is 64.6 Å². The van der Waals surface area contributed by atoms with Crippen LogP contribution in [0.3, 0.4) is 0 Å². The van der Waals surface area contributed by atoms with Gasteiger partial charge in [0.2, 0.25) is 0 Å². The molecule has 0 saturated carbocycles. The fourth-order valence-electron chi connectivity index (χ4n) is 2.52. The van der Waals surface area contributed by atoms with Crippen molar-refractivity contribution in [3.63, 3.8) is 0 Å². The standard InChI is InChI=1S/C18H23F2NO4S2/c1-12(24-16(22)9-5-2-6-13-10-11-26-27-13)17(23)21-14-7-3-4-8-15(14)25-18(19)20/h3-4,7-8,12-13,18H,2,5-6,9-11H2,1H3,(H,21,23)/t12-,13-/m0/s1. The molecule has 5 nitrogen and oxygen atoms in total. The van der Waals surface area contributed by atoms with E-state index < -0.39 is 24.6 Å². The third kappa shape index (κ3) is 7.96. The molecule has 1 amide bonds. The van der Waals surface area contributed by atoms with Gasteiger partial charge in [-0.15, -0.1) is 0 Å². The summed E-state index contributed by atoms with van der Waals surface area (Å²) < 4.78 is 34.3. The maximum atomic E-state index is 12.4. The van der Waals surface area contributed by atoms with Gasteiger partial charge >= 0.3 is 12.6 Å². The molecule has 0 radical (unpaired) electrons. The Morgan fingerprint density at radius 1 is 1.30 bits per heavy atom. The third-order valence-electron chi connectivity index (χ3n) is 3.92. The van der Waals surface area contributed by atoms with E-state index in [1.54, 1.807) is 6.07 Å². The average Bonchev–Trinajstić information content (AvgIpc) is 3.13. The van der Waals surface area contributed by atoms with E-state index in [1.807, 2.05) is 21.6 Å². The van der Waals surface area contributed by atoms with Gasteiger partial charge in [0.15, 0.2) is 6.10 Å². The molecule has 9 heteroatoms. The second-order valence-corrected chi connectivity index (χ2v) is 8.86. The number of benzene rings is 1. The lowest BCUT2D eigenvalue weighted by molar-refractivity contribution is -0.153. The lowest BCUT2D eigenvalue weighted by atomic mass is 10.1. The van der Waals surface area contributed by atoms with E-state index in [-0.39, 0.29) is 17.9 Å². The summed E-state index contributed by atoms with van der Waals surface area (Å²) in [6.45, 7) is -1.56. The Morgan fingerprint density at radius 3 is 2.78 bits per heavy atom. The highest BCUT2D eigenvalue weighted by Gasteiger charge is 2.20. The minimum Gasteiger partial charge on any atom is -0.453 e. The van der Waals surface area contributed by atoms with Crippen LogP contribution in [0.25, 0.3) is 0 Å². The summed E-state index contributed by atoms with van der Waals surface area (Å²) in [5.74, 6) is -0.00579. The molecule has 0 aromatic heterocycles. The van der Waals surface area contributed by atoms with E-state index in [2.05, 4.69) is 10.1 Å². The van der Waals surface area contributed by atoms with Crippen molar-refractivity contribution in [3.8, 4) is 5.75 Å². The summed E-state index contributed by atoms with van der Waals surface area (Å²) in [5.41, 5.74) is 0.0950. The van der Waals surface area contributed by atoms with Gasteiger partial charge in [0.1, 0.15) is 5.75 Å². The van der Waals surface area contributed by atoms with Crippen molar-refractivity contribution >= 4 is 39.2 Å². The van der Waals surface area contributed by atoms with Crippen LogP contribution in [-0.4, -0.2) is 35.6 Å². The Morgan fingerprint density at radius 2 is 2.07 bits per heavy atom. The molecule has 1 N–H and O–H groups in total. The van der Waals surface area contributed by atoms with Gasteiger partial charge in [0.25, 0.3) is 5.91 Å². The van der Waals surface area contributed by atoms with E-state index in [4.69, 9.17) is 4.74 Å². The van der Waals surface area contributed by atoms with Crippen molar-refractivity contribution in [1.29, 1.82) is 0 Å². The van der Waals surface area contributed by atoms with Crippen molar-refractivity contribution in [2.24, 2.45) is 0 Å². The van der Waals surface area contributed by atoms with E-state index >= 15 is 0 Å². The smallest absolute Gasteiger partial charge is 0.387 e. The molecule has 2 rings (SSSR count). The second-order valence-electron chi connectivity index (χ2n) is 6.07. The van der Waals surface area contributed by atoms with Crippen LogP contribution in [0.5, 0.6) is 5.75 Å². The number of alkyl halides is 2. The average molecular weight is 420 g/mol. The van der Waals surface area contributed by atoms with E-state index in [9.17, 15) is 18.4 Å². The number of nitrogens with one attached hydrogen (secondary N) is 1. The van der Waals surface area contributed by atoms with Crippen LogP contribution in [0, 0.1) is 0 Å². The van der Waals surface area contributed by atoms with Crippen molar-refractivity contribution < 1.29 is 27.8 Å². The molecular formula is C18H23F2NO4S2. The number of ether oxygens (including phenoxy) is 2. The zero-order valence-corrected chi connectivity index (χ0v) is 16.6. The van der Waals surface area contributed by atoms with Gasteiger partial charge in [-0.05, 0) is 38.3 Å². The highest BCUT2D eigenvalue weighted by molar-refractivity contribution is 8.77. The maximum Gasteiger partial charge on any atom is 0.387 e. The summed E-state index contributed by atoms with van der Waals surface area (Å²) in [7, 11) is 3.80. The first-order valence-corrected chi connectivity index (χ1v) is 11.2. The third-order valence-corrected chi connectivity index (χ3v) is 6.93. The zero-order chi connectivity index (χ0) is 19.6. The largest absolute Gasteiger partial charge is 0.453 e. The quantitative estimate of drug-likeness (QED) is 0.332. The molecule has 0 unspecified atom stereocenters. The first-order chi connectivity index (χ1) is 13.0. The van der Waals surface area contributed by atoms with Gasteiger partial charge in [-0.25, -0.2) is 0 Å². The van der Waals surface area contributed by atoms with Crippen LogP contribution in [0.1, 0.15) is 39.0 Å². The summed E-state index contributed by atoms with van der Waals surface area (Å²) in [6, 6.07) is 5.84. The monoisotopic (exact) mass is 419 g/mol. The number of para-hydroxylation sites is 2. The van der Waals surface area contributed by atoms with Crippen LogP contribution >= 0.6 is 21.6 Å². The number of amides is 1. The van der Waals surface area contributed by atoms with Crippen LogP contribution in [0.4, 0.5) is 14.5 Å². The minimum atomic E-state index is -3.00. The van der Waals surface area contributed by atoms with Crippen LogP contribution < -0.4 is 10.1 Å². The van der Waals surface area contributed by atoms with Crippen molar-refractivity contribution in [2.75, 3.05) is 11.1 Å². The highest BCUT2D eigenvalue weighted by atomic mass is 33.1. The molecule has 1 aliphatic rings. The molecule has 0 bridgehead atoms. The number of rotatable bonds is 10. The molecule has 1 aromatic rings. The van der Waals surface area contributed by atoms with E-state index in [0.717, 1.165) is 19.3 Å². The van der Waals surface area contributed by atoms with E-state index in [0.29, 0.717) is 5.25 Å². The fraction of sp³-hybridized carbons (Fsp3) is 0.556. The zero-order valence-electron chi connectivity index (χ0n) is 15.0. The predicted molar refractivity (Wildman–Crippen MR) is 104 cm³/mol. The van der Waals surface area contributed by atoms with Crippen LogP contribution in [-0.2, 0) is 14.3 Å². The SMILES string of the molecule is C[C@H](OC(=O)CCCC[C@H]1CCSS1)C(=O)Nc1ccccc1OC(F)F. The molecular weight excluding hydrogens is 396 g/mol. The maximum absolute atomic E-state index is 12.4. The van der Waals surface area contributed by atoms with Crippen molar-refractivity contribution in [3.05, 3.63) is 24.3 Å². The molecule has 1 heterocycles. The van der Waals surface area contributed by atoms with Gasteiger partial charge in [-0.3, -0.25) is 9.59 Å². The molecule has 27 heavy (non-hydrogen) atoms. The Kier molecular flexibility index (Phi) is 9.20. The first-order valence-electron chi connectivity index (χ1n) is 8.78. The lowest BCUT2D eigenvalue weighted by Gasteiger charge is -2.16. The van der Waals surface area contributed by atoms with Gasteiger partial charge < -0.3 is 14.8 Å². The van der Waals surface area contributed by atoms with Crippen molar-refractivity contribution in [1.82, 2.24) is 0 Å². The predicted octanol–water partition coefficient (Wildman–Crippen LogP) is 4.87. The molecule has 150 valence electrons. The number of carbonyl (C=O) groups is 2. The number of unbranched alkanes of at least 4 members (excludes halogenated alkanes) is 1. The number of anilines is 1. The Labute approximate surface area is 165 Å².